The lowest BCUT2D eigenvalue weighted by atomic mass is 10.2. The van der Waals surface area contributed by atoms with Gasteiger partial charge in [0, 0.05) is 6.54 Å². The number of nitrogens with one attached hydrogen (secondary N) is 2. The Balaban J connectivity index is 2.59. The Morgan fingerprint density at radius 2 is 2.20 bits per heavy atom. The summed E-state index contributed by atoms with van der Waals surface area (Å²) in [4.78, 5) is 11.8. The first kappa shape index (κ1) is 16.6. The van der Waals surface area contributed by atoms with E-state index in [1.165, 1.54) is 0 Å². The molecule has 0 bridgehead atoms. The maximum absolute atomic E-state index is 11.8. The quantitative estimate of drug-likeness (QED) is 0.725. The van der Waals surface area contributed by atoms with E-state index in [9.17, 15) is 9.90 Å². The van der Waals surface area contributed by atoms with Gasteiger partial charge in [-0.15, -0.1) is 0 Å². The average molecular weight is 301 g/mol. The molecule has 1 aromatic rings. The smallest absolute Gasteiger partial charge is 0.319 e. The highest BCUT2D eigenvalue weighted by Crippen LogP contribution is 2.32. The number of amides is 2. The lowest BCUT2D eigenvalue weighted by Gasteiger charge is -2.14. The van der Waals surface area contributed by atoms with Crippen molar-refractivity contribution in [3.63, 3.8) is 0 Å². The van der Waals surface area contributed by atoms with Gasteiger partial charge in [0.1, 0.15) is 0 Å². The summed E-state index contributed by atoms with van der Waals surface area (Å²) in [6.45, 7) is 4.48. The van der Waals surface area contributed by atoms with Crippen LogP contribution in [0.15, 0.2) is 18.2 Å². The second-order valence-corrected chi connectivity index (χ2v) is 4.73. The zero-order chi connectivity index (χ0) is 15.0. The van der Waals surface area contributed by atoms with Crippen LogP contribution in [-0.2, 0) is 0 Å². The fourth-order valence-electron chi connectivity index (χ4n) is 1.71. The van der Waals surface area contributed by atoms with Crippen molar-refractivity contribution in [2.75, 3.05) is 18.5 Å². The first-order valence-electron chi connectivity index (χ1n) is 6.72. The van der Waals surface area contributed by atoms with Crippen molar-refractivity contribution in [2.24, 2.45) is 0 Å². The summed E-state index contributed by atoms with van der Waals surface area (Å²) in [6, 6.07) is 4.73. The standard InChI is InChI=1S/C14H21ClN2O3/c1-3-6-10(18)9-16-14(19)17-12-8-5-7-11(15)13(12)20-4-2/h5,7-8,10,18H,3-4,6,9H2,1-2H3,(H2,16,17,19). The summed E-state index contributed by atoms with van der Waals surface area (Å²) >= 11 is 6.02. The van der Waals surface area contributed by atoms with Crippen LogP contribution in [0, 0.1) is 0 Å². The summed E-state index contributed by atoms with van der Waals surface area (Å²) in [6.07, 6.45) is 0.992. The summed E-state index contributed by atoms with van der Waals surface area (Å²) < 4.78 is 5.41. The minimum absolute atomic E-state index is 0.213. The number of rotatable bonds is 7. The molecule has 1 atom stereocenters. The number of hydrogen-bond donors (Lipinski definition) is 3. The van der Waals surface area contributed by atoms with Crippen molar-refractivity contribution in [1.82, 2.24) is 5.32 Å². The molecule has 112 valence electrons. The minimum Gasteiger partial charge on any atom is -0.490 e. The molecule has 1 aromatic carbocycles. The number of ether oxygens (including phenoxy) is 1. The molecular weight excluding hydrogens is 280 g/mol. The van der Waals surface area contributed by atoms with Crippen LogP contribution in [0.25, 0.3) is 0 Å². The zero-order valence-electron chi connectivity index (χ0n) is 11.8. The third-order valence-corrected chi connectivity index (χ3v) is 2.92. The molecule has 20 heavy (non-hydrogen) atoms. The normalized spacial score (nSPS) is 11.8. The van der Waals surface area contributed by atoms with Crippen molar-refractivity contribution in [3.8, 4) is 5.75 Å². The number of aliphatic hydroxyl groups is 1. The Kier molecular flexibility index (Phi) is 7.18. The summed E-state index contributed by atoms with van der Waals surface area (Å²) in [7, 11) is 0. The van der Waals surface area contributed by atoms with Crippen LogP contribution in [0.4, 0.5) is 10.5 Å². The number of para-hydroxylation sites is 1. The Bertz CT molecular complexity index is 440. The summed E-state index contributed by atoms with van der Waals surface area (Å²) in [5, 5.41) is 15.3. The number of carbonyl (C=O) groups excluding carboxylic acids is 1. The van der Waals surface area contributed by atoms with Crippen molar-refractivity contribution in [3.05, 3.63) is 23.2 Å². The number of hydrogen-bond acceptors (Lipinski definition) is 3. The molecule has 0 aliphatic rings. The van der Waals surface area contributed by atoms with E-state index >= 15 is 0 Å². The minimum atomic E-state index is -0.531. The highest BCUT2D eigenvalue weighted by atomic mass is 35.5. The van der Waals surface area contributed by atoms with Crippen molar-refractivity contribution in [1.29, 1.82) is 0 Å². The SMILES string of the molecule is CCCC(O)CNC(=O)Nc1cccc(Cl)c1OCC. The molecule has 0 aromatic heterocycles. The number of aliphatic hydroxyl groups excluding tert-OH is 1. The van der Waals surface area contributed by atoms with Gasteiger partial charge in [-0.25, -0.2) is 4.79 Å². The maximum atomic E-state index is 11.8. The van der Waals surface area contributed by atoms with Gasteiger partial charge in [0.25, 0.3) is 0 Å². The van der Waals surface area contributed by atoms with Crippen molar-refractivity contribution >= 4 is 23.3 Å². The van der Waals surface area contributed by atoms with E-state index in [1.54, 1.807) is 18.2 Å². The molecule has 2 amide bonds. The molecule has 0 spiro atoms. The monoisotopic (exact) mass is 300 g/mol. The number of halogens is 1. The molecule has 1 rings (SSSR count). The fourth-order valence-corrected chi connectivity index (χ4v) is 1.94. The van der Waals surface area contributed by atoms with Crippen LogP contribution in [0.5, 0.6) is 5.75 Å². The van der Waals surface area contributed by atoms with E-state index in [0.29, 0.717) is 29.5 Å². The summed E-state index contributed by atoms with van der Waals surface area (Å²) in [5.41, 5.74) is 0.502. The maximum Gasteiger partial charge on any atom is 0.319 e. The highest BCUT2D eigenvalue weighted by molar-refractivity contribution is 6.32. The topological polar surface area (TPSA) is 70.6 Å². The Labute approximate surface area is 124 Å². The van der Waals surface area contributed by atoms with Crippen molar-refractivity contribution < 1.29 is 14.6 Å². The third kappa shape index (κ3) is 5.27. The predicted octanol–water partition coefficient (Wildman–Crippen LogP) is 3.02. The molecule has 0 aliphatic carbocycles. The summed E-state index contributed by atoms with van der Waals surface area (Å²) in [5.74, 6) is 0.445. The zero-order valence-corrected chi connectivity index (χ0v) is 12.5. The van der Waals surface area contributed by atoms with Gasteiger partial charge in [-0.2, -0.15) is 0 Å². The molecule has 5 nitrogen and oxygen atoms in total. The molecule has 0 aliphatic heterocycles. The van der Waals surface area contributed by atoms with E-state index in [1.807, 2.05) is 13.8 Å². The average Bonchev–Trinajstić information content (AvgIpc) is 2.41. The molecule has 6 heteroatoms. The van der Waals surface area contributed by atoms with Gasteiger partial charge >= 0.3 is 6.03 Å². The van der Waals surface area contributed by atoms with Crippen LogP contribution in [0.3, 0.4) is 0 Å². The Morgan fingerprint density at radius 1 is 1.45 bits per heavy atom. The van der Waals surface area contributed by atoms with Gasteiger partial charge < -0.3 is 20.5 Å². The van der Waals surface area contributed by atoms with E-state index in [4.69, 9.17) is 16.3 Å². The van der Waals surface area contributed by atoms with E-state index in [0.717, 1.165) is 6.42 Å². The van der Waals surface area contributed by atoms with Gasteiger partial charge in [0.2, 0.25) is 0 Å². The first-order valence-corrected chi connectivity index (χ1v) is 7.10. The van der Waals surface area contributed by atoms with Crippen LogP contribution in [0.2, 0.25) is 5.02 Å². The second-order valence-electron chi connectivity index (χ2n) is 4.33. The van der Waals surface area contributed by atoms with E-state index in [2.05, 4.69) is 10.6 Å². The molecule has 0 saturated heterocycles. The van der Waals surface area contributed by atoms with Gasteiger partial charge in [-0.1, -0.05) is 31.0 Å². The molecule has 0 saturated carbocycles. The lowest BCUT2D eigenvalue weighted by Crippen LogP contribution is -2.35. The predicted molar refractivity (Wildman–Crippen MR) is 80.6 cm³/mol. The van der Waals surface area contributed by atoms with Crippen LogP contribution in [0.1, 0.15) is 26.7 Å². The molecule has 3 N–H and O–H groups in total. The second kappa shape index (κ2) is 8.66. The van der Waals surface area contributed by atoms with Crippen LogP contribution >= 0.6 is 11.6 Å². The van der Waals surface area contributed by atoms with E-state index in [-0.39, 0.29) is 6.54 Å². The number of anilines is 1. The van der Waals surface area contributed by atoms with E-state index < -0.39 is 12.1 Å². The Hall–Kier alpha value is -1.46. The molecule has 0 heterocycles. The van der Waals surface area contributed by atoms with Gasteiger partial charge in [-0.3, -0.25) is 0 Å². The number of urea groups is 1. The van der Waals surface area contributed by atoms with Crippen LogP contribution in [-0.4, -0.2) is 30.4 Å². The molecule has 1 unspecified atom stereocenters. The largest absolute Gasteiger partial charge is 0.490 e. The molecular formula is C14H21ClN2O3. The first-order chi connectivity index (χ1) is 9.58. The van der Waals surface area contributed by atoms with Crippen molar-refractivity contribution in [2.45, 2.75) is 32.8 Å². The van der Waals surface area contributed by atoms with Gasteiger partial charge in [-0.05, 0) is 25.5 Å². The molecule has 0 radical (unpaired) electrons. The lowest BCUT2D eigenvalue weighted by molar-refractivity contribution is 0.162. The Morgan fingerprint density at radius 3 is 2.85 bits per heavy atom. The fraction of sp³-hybridized carbons (Fsp3) is 0.500. The number of benzene rings is 1. The van der Waals surface area contributed by atoms with Gasteiger partial charge in [0.05, 0.1) is 23.4 Å². The van der Waals surface area contributed by atoms with Gasteiger partial charge in [0.15, 0.2) is 5.75 Å². The molecule has 0 fully saturated rings. The highest BCUT2D eigenvalue weighted by Gasteiger charge is 2.11. The van der Waals surface area contributed by atoms with Crippen LogP contribution < -0.4 is 15.4 Å². The third-order valence-electron chi connectivity index (χ3n) is 2.62. The number of carbonyl (C=O) groups is 1.